The highest BCUT2D eigenvalue weighted by atomic mass is 32.1. The summed E-state index contributed by atoms with van der Waals surface area (Å²) < 4.78 is 0. The lowest BCUT2D eigenvalue weighted by Crippen LogP contribution is -2.24. The summed E-state index contributed by atoms with van der Waals surface area (Å²) in [6.07, 6.45) is 1.77. The largest absolute Gasteiger partial charge is 0.375 e. The van der Waals surface area contributed by atoms with E-state index in [2.05, 4.69) is 41.8 Å². The summed E-state index contributed by atoms with van der Waals surface area (Å²) in [5, 5.41) is 4.09. The molecule has 0 radical (unpaired) electrons. The van der Waals surface area contributed by atoms with Gasteiger partial charge in [0.15, 0.2) is 5.11 Å². The first kappa shape index (κ1) is 10.7. The second-order valence-electron chi connectivity index (χ2n) is 2.95. The van der Waals surface area contributed by atoms with E-state index in [4.69, 9.17) is 5.73 Å². The molecule has 3 N–H and O–H groups in total. The summed E-state index contributed by atoms with van der Waals surface area (Å²) in [4.78, 5) is 0. The van der Waals surface area contributed by atoms with Crippen molar-refractivity contribution in [1.82, 2.24) is 5.43 Å². The SMILES string of the molecule is C[C@H](/C=N/NC(N)=S)c1ccccc1. The molecule has 14 heavy (non-hydrogen) atoms. The normalized spacial score (nSPS) is 12.6. The van der Waals surface area contributed by atoms with Crippen molar-refractivity contribution in [3.63, 3.8) is 0 Å². The first-order valence-corrected chi connectivity index (χ1v) is 4.74. The molecule has 1 aromatic rings. The molecule has 0 bridgehead atoms. The van der Waals surface area contributed by atoms with Crippen LogP contribution in [0.4, 0.5) is 0 Å². The molecule has 1 atom stereocenters. The van der Waals surface area contributed by atoms with Gasteiger partial charge in [0.1, 0.15) is 0 Å². The van der Waals surface area contributed by atoms with Crippen LogP contribution in [0.3, 0.4) is 0 Å². The molecule has 0 aliphatic rings. The zero-order chi connectivity index (χ0) is 10.4. The molecule has 0 spiro atoms. The number of nitrogens with two attached hydrogens (primary N) is 1. The number of rotatable bonds is 3. The lowest BCUT2D eigenvalue weighted by Gasteiger charge is -2.04. The topological polar surface area (TPSA) is 50.4 Å². The van der Waals surface area contributed by atoms with Gasteiger partial charge in [0.05, 0.1) is 0 Å². The van der Waals surface area contributed by atoms with Crippen LogP contribution >= 0.6 is 12.2 Å². The summed E-state index contributed by atoms with van der Waals surface area (Å²) in [6.45, 7) is 2.06. The molecule has 0 aromatic heterocycles. The Labute approximate surface area is 89.0 Å². The summed E-state index contributed by atoms with van der Waals surface area (Å²) >= 11 is 4.62. The van der Waals surface area contributed by atoms with Crippen molar-refractivity contribution in [1.29, 1.82) is 0 Å². The molecule has 0 saturated carbocycles. The van der Waals surface area contributed by atoms with E-state index in [9.17, 15) is 0 Å². The molecular formula is C10H13N3S. The van der Waals surface area contributed by atoms with E-state index in [1.54, 1.807) is 6.21 Å². The zero-order valence-corrected chi connectivity index (χ0v) is 8.79. The number of nitrogens with one attached hydrogen (secondary N) is 1. The zero-order valence-electron chi connectivity index (χ0n) is 7.97. The maximum Gasteiger partial charge on any atom is 0.184 e. The molecule has 0 saturated heterocycles. The summed E-state index contributed by atoms with van der Waals surface area (Å²) in [6, 6.07) is 10.1. The standard InChI is InChI=1S/C10H13N3S/c1-8(7-12-13-10(11)14)9-5-3-2-4-6-9/h2-8H,1H3,(H3,11,13,14)/b12-7+/t8-/m1/s1. The van der Waals surface area contributed by atoms with E-state index in [0.717, 1.165) is 0 Å². The van der Waals surface area contributed by atoms with Gasteiger partial charge in [-0.15, -0.1) is 0 Å². The minimum absolute atomic E-state index is 0.182. The van der Waals surface area contributed by atoms with Crippen LogP contribution in [0.15, 0.2) is 35.4 Å². The van der Waals surface area contributed by atoms with Gasteiger partial charge in [-0.05, 0) is 17.8 Å². The van der Waals surface area contributed by atoms with Gasteiger partial charge in [0.25, 0.3) is 0 Å². The summed E-state index contributed by atoms with van der Waals surface area (Å²) in [7, 11) is 0. The van der Waals surface area contributed by atoms with Crippen molar-refractivity contribution < 1.29 is 0 Å². The number of thiocarbonyl (C=S) groups is 1. The van der Waals surface area contributed by atoms with Gasteiger partial charge in [-0.2, -0.15) is 5.10 Å². The highest BCUT2D eigenvalue weighted by Gasteiger charge is 1.99. The van der Waals surface area contributed by atoms with Crippen molar-refractivity contribution >= 4 is 23.5 Å². The molecule has 0 amide bonds. The Bertz CT molecular complexity index is 321. The Morgan fingerprint density at radius 1 is 1.50 bits per heavy atom. The minimum Gasteiger partial charge on any atom is -0.375 e. The average Bonchev–Trinajstić information content (AvgIpc) is 2.18. The molecule has 0 aliphatic heterocycles. The van der Waals surface area contributed by atoms with E-state index in [1.807, 2.05) is 18.2 Å². The van der Waals surface area contributed by atoms with Crippen LogP contribution < -0.4 is 11.2 Å². The van der Waals surface area contributed by atoms with Crippen LogP contribution in [0, 0.1) is 0 Å². The molecule has 0 aliphatic carbocycles. The van der Waals surface area contributed by atoms with E-state index in [0.29, 0.717) is 0 Å². The minimum atomic E-state index is 0.182. The van der Waals surface area contributed by atoms with Crippen molar-refractivity contribution in [2.45, 2.75) is 12.8 Å². The lowest BCUT2D eigenvalue weighted by atomic mass is 10.0. The fourth-order valence-corrected chi connectivity index (χ4v) is 1.11. The molecule has 0 heterocycles. The molecule has 1 aromatic carbocycles. The van der Waals surface area contributed by atoms with Gasteiger partial charge < -0.3 is 5.73 Å². The summed E-state index contributed by atoms with van der Waals surface area (Å²) in [5.74, 6) is 0.248. The molecule has 0 fully saturated rings. The molecule has 4 heteroatoms. The van der Waals surface area contributed by atoms with Gasteiger partial charge >= 0.3 is 0 Å². The van der Waals surface area contributed by atoms with Crippen LogP contribution in [0.2, 0.25) is 0 Å². The molecule has 3 nitrogen and oxygen atoms in total. The number of hydrogen-bond acceptors (Lipinski definition) is 2. The van der Waals surface area contributed by atoms with E-state index in [-0.39, 0.29) is 11.0 Å². The number of hydrogen-bond donors (Lipinski definition) is 2. The predicted molar refractivity (Wildman–Crippen MR) is 63.3 cm³/mol. The van der Waals surface area contributed by atoms with E-state index >= 15 is 0 Å². The fraction of sp³-hybridized carbons (Fsp3) is 0.200. The third-order valence-corrected chi connectivity index (χ3v) is 1.89. The van der Waals surface area contributed by atoms with Gasteiger partial charge in [-0.1, -0.05) is 37.3 Å². The molecule has 74 valence electrons. The van der Waals surface area contributed by atoms with E-state index in [1.165, 1.54) is 5.56 Å². The molecule has 0 unspecified atom stereocenters. The van der Waals surface area contributed by atoms with Crippen LogP contribution in [-0.2, 0) is 0 Å². The Balaban J connectivity index is 2.54. The van der Waals surface area contributed by atoms with Crippen LogP contribution in [0.5, 0.6) is 0 Å². The van der Waals surface area contributed by atoms with Crippen LogP contribution in [0.1, 0.15) is 18.4 Å². The quantitative estimate of drug-likeness (QED) is 0.450. The maximum absolute atomic E-state index is 5.22. The van der Waals surface area contributed by atoms with Crippen molar-refractivity contribution in [2.24, 2.45) is 10.8 Å². The highest BCUT2D eigenvalue weighted by Crippen LogP contribution is 2.11. The van der Waals surface area contributed by atoms with Crippen molar-refractivity contribution in [2.75, 3.05) is 0 Å². The lowest BCUT2D eigenvalue weighted by molar-refractivity contribution is 0.979. The Morgan fingerprint density at radius 2 is 2.14 bits per heavy atom. The van der Waals surface area contributed by atoms with Gasteiger partial charge in [0, 0.05) is 12.1 Å². The Hall–Kier alpha value is -1.42. The van der Waals surface area contributed by atoms with Crippen molar-refractivity contribution in [3.05, 3.63) is 35.9 Å². The monoisotopic (exact) mass is 207 g/mol. The second-order valence-corrected chi connectivity index (χ2v) is 3.39. The third kappa shape index (κ3) is 3.53. The van der Waals surface area contributed by atoms with Crippen LogP contribution in [-0.4, -0.2) is 11.3 Å². The average molecular weight is 207 g/mol. The van der Waals surface area contributed by atoms with Gasteiger partial charge in [-0.25, -0.2) is 0 Å². The number of benzene rings is 1. The smallest absolute Gasteiger partial charge is 0.184 e. The van der Waals surface area contributed by atoms with Crippen LogP contribution in [0.25, 0.3) is 0 Å². The van der Waals surface area contributed by atoms with Gasteiger partial charge in [-0.3, -0.25) is 5.43 Å². The van der Waals surface area contributed by atoms with Gasteiger partial charge in [0.2, 0.25) is 0 Å². The number of hydrazone groups is 1. The Kier molecular flexibility index (Phi) is 4.07. The predicted octanol–water partition coefficient (Wildman–Crippen LogP) is 1.61. The number of nitrogens with zero attached hydrogens (tertiary/aromatic N) is 1. The first-order valence-electron chi connectivity index (χ1n) is 4.33. The second kappa shape index (κ2) is 5.34. The fourth-order valence-electron chi connectivity index (χ4n) is 1.06. The highest BCUT2D eigenvalue weighted by molar-refractivity contribution is 7.80. The molecular weight excluding hydrogens is 194 g/mol. The van der Waals surface area contributed by atoms with E-state index < -0.39 is 0 Å². The summed E-state index contributed by atoms with van der Waals surface area (Å²) in [5.41, 5.74) is 8.96. The first-order chi connectivity index (χ1) is 6.70. The third-order valence-electron chi connectivity index (χ3n) is 1.80. The maximum atomic E-state index is 5.22. The van der Waals surface area contributed by atoms with Crippen molar-refractivity contribution in [3.8, 4) is 0 Å². The molecule has 1 rings (SSSR count). The Morgan fingerprint density at radius 3 is 2.71 bits per heavy atom.